The number of piperidine rings is 1. The molecule has 0 bridgehead atoms. The van der Waals surface area contributed by atoms with Crippen molar-refractivity contribution in [2.45, 2.75) is 33.2 Å². The minimum absolute atomic E-state index is 0.297. The quantitative estimate of drug-likeness (QED) is 0.921. The summed E-state index contributed by atoms with van der Waals surface area (Å²) in [5.41, 5.74) is 2.10. The lowest BCUT2D eigenvalue weighted by Crippen LogP contribution is -2.33. The van der Waals surface area contributed by atoms with Crippen LogP contribution in [0.4, 0.5) is 11.8 Å². The molecule has 1 aromatic carbocycles. The van der Waals surface area contributed by atoms with Crippen LogP contribution in [0.5, 0.6) is 11.5 Å². The highest BCUT2D eigenvalue weighted by atomic mass is 16.7. The van der Waals surface area contributed by atoms with Gasteiger partial charge in [-0.2, -0.15) is 4.98 Å². The van der Waals surface area contributed by atoms with Crippen LogP contribution in [0.1, 0.15) is 31.0 Å². The smallest absolute Gasteiger partial charge is 0.231 e. The number of nitrogens with one attached hydrogen (secondary N) is 1. The van der Waals surface area contributed by atoms with Gasteiger partial charge in [-0.25, -0.2) is 4.98 Å². The number of rotatable bonds is 4. The van der Waals surface area contributed by atoms with Crippen LogP contribution < -0.4 is 19.7 Å². The average molecular weight is 340 g/mol. The molecule has 6 nitrogen and oxygen atoms in total. The summed E-state index contributed by atoms with van der Waals surface area (Å²) in [7, 11) is 0. The number of aromatic nitrogens is 2. The molecule has 2 aromatic rings. The predicted molar refractivity (Wildman–Crippen MR) is 97.3 cm³/mol. The lowest BCUT2D eigenvalue weighted by atomic mass is 9.99. The molecular weight excluding hydrogens is 316 g/mol. The van der Waals surface area contributed by atoms with E-state index in [0.29, 0.717) is 19.3 Å². The Labute approximate surface area is 148 Å². The second-order valence-electron chi connectivity index (χ2n) is 6.90. The molecule has 1 N–H and O–H groups in total. The number of hydrogen-bond acceptors (Lipinski definition) is 6. The van der Waals surface area contributed by atoms with E-state index in [0.717, 1.165) is 47.6 Å². The highest BCUT2D eigenvalue weighted by Crippen LogP contribution is 2.32. The van der Waals surface area contributed by atoms with E-state index in [1.807, 2.05) is 25.1 Å². The van der Waals surface area contributed by atoms with Crippen molar-refractivity contribution in [3.8, 4) is 11.5 Å². The standard InChI is InChI=1S/C19H24N4O2/c1-13-5-7-23(8-6-13)18-9-14(2)21-19(22-18)20-11-15-3-4-16-17(10-15)25-12-24-16/h3-4,9-10,13H,5-8,11-12H2,1-2H3,(H,20,21,22). The van der Waals surface area contributed by atoms with E-state index in [1.165, 1.54) is 12.8 Å². The van der Waals surface area contributed by atoms with Crippen molar-refractivity contribution in [2.75, 3.05) is 30.1 Å². The third-order valence-corrected chi connectivity index (χ3v) is 4.84. The van der Waals surface area contributed by atoms with E-state index < -0.39 is 0 Å². The van der Waals surface area contributed by atoms with Gasteiger partial charge in [0.2, 0.25) is 12.7 Å². The third kappa shape index (κ3) is 3.62. The van der Waals surface area contributed by atoms with Crippen molar-refractivity contribution >= 4 is 11.8 Å². The van der Waals surface area contributed by atoms with Gasteiger partial charge in [-0.05, 0) is 43.4 Å². The monoisotopic (exact) mass is 340 g/mol. The SMILES string of the molecule is Cc1cc(N2CCC(C)CC2)nc(NCc2ccc3c(c2)OCO3)n1. The molecule has 0 spiro atoms. The number of fused-ring (bicyclic) bond motifs is 1. The van der Waals surface area contributed by atoms with Crippen LogP contribution in [0.3, 0.4) is 0 Å². The first-order valence-corrected chi connectivity index (χ1v) is 8.90. The zero-order valence-corrected chi connectivity index (χ0v) is 14.8. The van der Waals surface area contributed by atoms with Crippen molar-refractivity contribution in [2.24, 2.45) is 5.92 Å². The van der Waals surface area contributed by atoms with Crippen LogP contribution in [0.2, 0.25) is 0 Å². The number of aryl methyl sites for hydroxylation is 1. The second-order valence-corrected chi connectivity index (χ2v) is 6.90. The Hall–Kier alpha value is -2.50. The summed E-state index contributed by atoms with van der Waals surface area (Å²) >= 11 is 0. The van der Waals surface area contributed by atoms with Gasteiger partial charge < -0.3 is 19.7 Å². The van der Waals surface area contributed by atoms with Crippen molar-refractivity contribution in [1.29, 1.82) is 0 Å². The fraction of sp³-hybridized carbons (Fsp3) is 0.474. The number of hydrogen-bond donors (Lipinski definition) is 1. The Kier molecular flexibility index (Phi) is 4.34. The van der Waals surface area contributed by atoms with Gasteiger partial charge in [0, 0.05) is 31.4 Å². The first-order chi connectivity index (χ1) is 12.2. The first kappa shape index (κ1) is 16.0. The summed E-state index contributed by atoms with van der Waals surface area (Å²) in [6.45, 7) is 7.42. The molecular formula is C19H24N4O2. The maximum absolute atomic E-state index is 5.43. The van der Waals surface area contributed by atoms with Crippen LogP contribution in [-0.2, 0) is 6.54 Å². The van der Waals surface area contributed by atoms with Crippen molar-refractivity contribution in [3.05, 3.63) is 35.5 Å². The molecule has 132 valence electrons. The fourth-order valence-electron chi connectivity index (χ4n) is 3.26. The number of anilines is 2. The average Bonchev–Trinajstić information content (AvgIpc) is 3.08. The molecule has 0 aliphatic carbocycles. The highest BCUT2D eigenvalue weighted by Gasteiger charge is 2.18. The molecule has 0 saturated carbocycles. The second kappa shape index (κ2) is 6.78. The molecule has 25 heavy (non-hydrogen) atoms. The lowest BCUT2D eigenvalue weighted by molar-refractivity contribution is 0.174. The molecule has 4 rings (SSSR count). The van der Waals surface area contributed by atoms with Crippen LogP contribution in [0.25, 0.3) is 0 Å². The number of ether oxygens (including phenoxy) is 2. The maximum Gasteiger partial charge on any atom is 0.231 e. The van der Waals surface area contributed by atoms with Crippen molar-refractivity contribution in [3.63, 3.8) is 0 Å². The first-order valence-electron chi connectivity index (χ1n) is 8.90. The van der Waals surface area contributed by atoms with Gasteiger partial charge in [0.15, 0.2) is 11.5 Å². The molecule has 1 fully saturated rings. The summed E-state index contributed by atoms with van der Waals surface area (Å²) in [6, 6.07) is 8.04. The molecule has 3 heterocycles. The highest BCUT2D eigenvalue weighted by molar-refractivity contribution is 5.47. The third-order valence-electron chi connectivity index (χ3n) is 4.84. The van der Waals surface area contributed by atoms with Crippen LogP contribution in [-0.4, -0.2) is 29.9 Å². The molecule has 2 aliphatic rings. The van der Waals surface area contributed by atoms with E-state index >= 15 is 0 Å². The zero-order chi connectivity index (χ0) is 17.2. The van der Waals surface area contributed by atoms with Gasteiger partial charge in [0.05, 0.1) is 0 Å². The Morgan fingerprint density at radius 2 is 1.92 bits per heavy atom. The van der Waals surface area contributed by atoms with Crippen molar-refractivity contribution in [1.82, 2.24) is 9.97 Å². The summed E-state index contributed by atoms with van der Waals surface area (Å²) in [4.78, 5) is 11.6. The van der Waals surface area contributed by atoms with Crippen LogP contribution >= 0.6 is 0 Å². The zero-order valence-electron chi connectivity index (χ0n) is 14.8. The van der Waals surface area contributed by atoms with Crippen LogP contribution in [0.15, 0.2) is 24.3 Å². The van der Waals surface area contributed by atoms with Gasteiger partial charge in [-0.15, -0.1) is 0 Å². The minimum Gasteiger partial charge on any atom is -0.454 e. The minimum atomic E-state index is 0.297. The predicted octanol–water partition coefficient (Wildman–Crippen LogP) is 3.36. The van der Waals surface area contributed by atoms with Crippen molar-refractivity contribution < 1.29 is 9.47 Å². The van der Waals surface area contributed by atoms with Gasteiger partial charge in [0.1, 0.15) is 5.82 Å². The molecule has 0 atom stereocenters. The van der Waals surface area contributed by atoms with E-state index in [9.17, 15) is 0 Å². The molecule has 0 unspecified atom stereocenters. The number of nitrogens with zero attached hydrogens (tertiary/aromatic N) is 3. The summed E-state index contributed by atoms with van der Waals surface area (Å²) in [6.07, 6.45) is 2.45. The topological polar surface area (TPSA) is 59.5 Å². The van der Waals surface area contributed by atoms with E-state index in [2.05, 4.69) is 28.2 Å². The van der Waals surface area contributed by atoms with Gasteiger partial charge in [-0.3, -0.25) is 0 Å². The molecule has 2 aliphatic heterocycles. The van der Waals surface area contributed by atoms with Gasteiger partial charge in [-0.1, -0.05) is 13.0 Å². The lowest BCUT2D eigenvalue weighted by Gasteiger charge is -2.31. The Morgan fingerprint density at radius 1 is 1.12 bits per heavy atom. The van der Waals surface area contributed by atoms with Gasteiger partial charge >= 0.3 is 0 Å². The molecule has 0 radical (unpaired) electrons. The van der Waals surface area contributed by atoms with E-state index in [4.69, 9.17) is 14.5 Å². The van der Waals surface area contributed by atoms with Gasteiger partial charge in [0.25, 0.3) is 0 Å². The Bertz CT molecular complexity index is 757. The summed E-state index contributed by atoms with van der Waals surface area (Å²) in [5, 5.41) is 3.34. The van der Waals surface area contributed by atoms with Crippen LogP contribution in [0, 0.1) is 12.8 Å². The molecule has 0 amide bonds. The largest absolute Gasteiger partial charge is 0.454 e. The fourth-order valence-corrected chi connectivity index (χ4v) is 3.26. The maximum atomic E-state index is 5.43. The summed E-state index contributed by atoms with van der Waals surface area (Å²) < 4.78 is 10.8. The van der Waals surface area contributed by atoms with E-state index in [-0.39, 0.29) is 0 Å². The molecule has 6 heteroatoms. The summed E-state index contributed by atoms with van der Waals surface area (Å²) in [5.74, 6) is 4.10. The Morgan fingerprint density at radius 3 is 2.76 bits per heavy atom. The molecule has 1 aromatic heterocycles. The Balaban J connectivity index is 1.45. The number of benzene rings is 1. The normalized spacial score (nSPS) is 17.0. The van der Waals surface area contributed by atoms with E-state index in [1.54, 1.807) is 0 Å². The molecule has 1 saturated heterocycles.